The minimum atomic E-state index is -0.419. The number of nitro benzene ring substituents is 1. The first kappa shape index (κ1) is 18.8. The number of benzene rings is 1. The Kier molecular flexibility index (Phi) is 5.09. The van der Waals surface area contributed by atoms with Gasteiger partial charge in [-0.3, -0.25) is 19.8 Å². The van der Waals surface area contributed by atoms with Crippen molar-refractivity contribution in [1.82, 2.24) is 14.8 Å². The number of aryl methyl sites for hydroxylation is 1. The Morgan fingerprint density at radius 2 is 1.93 bits per heavy atom. The molecule has 2 aromatic rings. The van der Waals surface area contributed by atoms with Gasteiger partial charge in [-0.25, -0.2) is 0 Å². The Hall–Kier alpha value is -3.00. The number of thiocarbonyl (C=S) groups is 1. The van der Waals surface area contributed by atoms with Crippen molar-refractivity contribution >= 4 is 35.0 Å². The van der Waals surface area contributed by atoms with E-state index in [0.29, 0.717) is 17.4 Å². The minimum absolute atomic E-state index is 0.0498. The van der Waals surface area contributed by atoms with Crippen LogP contribution in [0.3, 0.4) is 0 Å². The number of rotatable bonds is 5. The second kappa shape index (κ2) is 7.32. The Morgan fingerprint density at radius 1 is 1.26 bits per heavy atom. The first-order valence-electron chi connectivity index (χ1n) is 8.61. The standard InChI is InChI=1S/C19H20N4O3S/c1-4-9-21-18(24)17(20-19(21)27)11-14-10-12(2)22(13(14)3)15-5-7-16(8-6-15)23(25)26/h5-8,10-11H,4,9H2,1-3H3,(H,20,27)/b17-11-. The van der Waals surface area contributed by atoms with Crippen LogP contribution in [0.5, 0.6) is 0 Å². The average molecular weight is 384 g/mol. The van der Waals surface area contributed by atoms with Gasteiger partial charge in [0.2, 0.25) is 0 Å². The molecule has 0 spiro atoms. The highest BCUT2D eigenvalue weighted by molar-refractivity contribution is 7.80. The summed E-state index contributed by atoms with van der Waals surface area (Å²) in [6.45, 7) is 6.48. The maximum Gasteiger partial charge on any atom is 0.276 e. The van der Waals surface area contributed by atoms with Gasteiger partial charge < -0.3 is 9.88 Å². The molecule has 1 saturated heterocycles. The molecule has 27 heavy (non-hydrogen) atoms. The highest BCUT2D eigenvalue weighted by atomic mass is 32.1. The number of nitrogens with zero attached hydrogens (tertiary/aromatic N) is 3. The fraction of sp³-hybridized carbons (Fsp3) is 0.263. The van der Waals surface area contributed by atoms with Crippen molar-refractivity contribution in [3.63, 3.8) is 0 Å². The lowest BCUT2D eigenvalue weighted by atomic mass is 10.2. The lowest BCUT2D eigenvalue weighted by Gasteiger charge is -2.11. The molecule has 1 fully saturated rings. The fourth-order valence-electron chi connectivity index (χ4n) is 3.21. The molecule has 0 unspecified atom stereocenters. The van der Waals surface area contributed by atoms with Crippen LogP contribution in [0.25, 0.3) is 11.8 Å². The molecule has 7 nitrogen and oxygen atoms in total. The topological polar surface area (TPSA) is 80.4 Å². The summed E-state index contributed by atoms with van der Waals surface area (Å²) in [6.07, 6.45) is 2.63. The zero-order valence-electron chi connectivity index (χ0n) is 15.4. The van der Waals surface area contributed by atoms with E-state index in [-0.39, 0.29) is 11.6 Å². The summed E-state index contributed by atoms with van der Waals surface area (Å²) in [5.74, 6) is -0.123. The molecule has 0 atom stereocenters. The molecule has 0 saturated carbocycles. The molecule has 0 aliphatic carbocycles. The third-order valence-corrected chi connectivity index (χ3v) is 4.82. The van der Waals surface area contributed by atoms with Gasteiger partial charge in [-0.1, -0.05) is 6.92 Å². The van der Waals surface area contributed by atoms with Crippen molar-refractivity contribution in [3.05, 3.63) is 63.1 Å². The number of carbonyl (C=O) groups is 1. The summed E-state index contributed by atoms with van der Waals surface area (Å²) >= 11 is 5.24. The third kappa shape index (κ3) is 3.48. The predicted molar refractivity (Wildman–Crippen MR) is 108 cm³/mol. The normalized spacial score (nSPS) is 15.5. The number of nitro groups is 1. The molecule has 1 aromatic heterocycles. The van der Waals surface area contributed by atoms with Crippen LogP contribution >= 0.6 is 12.2 Å². The smallest absolute Gasteiger partial charge is 0.276 e. The van der Waals surface area contributed by atoms with E-state index in [9.17, 15) is 14.9 Å². The van der Waals surface area contributed by atoms with Crippen LogP contribution in [0, 0.1) is 24.0 Å². The Morgan fingerprint density at radius 3 is 2.52 bits per heavy atom. The number of non-ortho nitro benzene ring substituents is 1. The molecule has 1 N–H and O–H groups in total. The van der Waals surface area contributed by atoms with Gasteiger partial charge in [0.1, 0.15) is 5.70 Å². The molecule has 1 aromatic carbocycles. The van der Waals surface area contributed by atoms with Crippen molar-refractivity contribution in [2.45, 2.75) is 27.2 Å². The average Bonchev–Trinajstić information content (AvgIpc) is 3.05. The predicted octanol–water partition coefficient (Wildman–Crippen LogP) is 3.47. The highest BCUT2D eigenvalue weighted by Gasteiger charge is 2.30. The minimum Gasteiger partial charge on any atom is -0.328 e. The van der Waals surface area contributed by atoms with Gasteiger partial charge in [-0.2, -0.15) is 0 Å². The summed E-state index contributed by atoms with van der Waals surface area (Å²) < 4.78 is 2.00. The van der Waals surface area contributed by atoms with E-state index in [2.05, 4.69) is 5.32 Å². The molecule has 2 heterocycles. The molecule has 8 heteroatoms. The number of amides is 1. The van der Waals surface area contributed by atoms with Gasteiger partial charge in [-0.15, -0.1) is 0 Å². The first-order valence-corrected chi connectivity index (χ1v) is 9.02. The zero-order chi connectivity index (χ0) is 19.7. The van der Waals surface area contributed by atoms with Crippen LogP contribution in [-0.4, -0.2) is 32.0 Å². The Labute approximate surface area is 162 Å². The van der Waals surface area contributed by atoms with Crippen molar-refractivity contribution < 1.29 is 9.72 Å². The molecule has 140 valence electrons. The van der Waals surface area contributed by atoms with Crippen LogP contribution in [0.4, 0.5) is 5.69 Å². The second-order valence-electron chi connectivity index (χ2n) is 6.38. The number of aromatic nitrogens is 1. The lowest BCUT2D eigenvalue weighted by molar-refractivity contribution is -0.384. The molecular formula is C19H20N4O3S. The molecule has 0 bridgehead atoms. The van der Waals surface area contributed by atoms with Gasteiger partial charge in [0.15, 0.2) is 5.11 Å². The summed E-state index contributed by atoms with van der Waals surface area (Å²) in [4.78, 5) is 24.5. The van der Waals surface area contributed by atoms with E-state index in [0.717, 1.165) is 29.1 Å². The molecule has 1 amide bonds. The van der Waals surface area contributed by atoms with Gasteiger partial charge in [0.25, 0.3) is 11.6 Å². The van der Waals surface area contributed by atoms with Gasteiger partial charge in [0, 0.05) is 35.8 Å². The largest absolute Gasteiger partial charge is 0.328 e. The van der Waals surface area contributed by atoms with Crippen LogP contribution in [-0.2, 0) is 4.79 Å². The van der Waals surface area contributed by atoms with Gasteiger partial charge in [0.05, 0.1) is 4.92 Å². The maximum absolute atomic E-state index is 12.5. The summed E-state index contributed by atoms with van der Waals surface area (Å²) in [6, 6.07) is 8.37. The van der Waals surface area contributed by atoms with Crippen molar-refractivity contribution in [3.8, 4) is 5.69 Å². The van der Waals surface area contributed by atoms with E-state index in [4.69, 9.17) is 12.2 Å². The van der Waals surface area contributed by atoms with Gasteiger partial charge in [-0.05, 0) is 62.3 Å². The highest BCUT2D eigenvalue weighted by Crippen LogP contribution is 2.25. The van der Waals surface area contributed by atoms with Crippen LogP contribution in [0.2, 0.25) is 0 Å². The monoisotopic (exact) mass is 384 g/mol. The summed E-state index contributed by atoms with van der Waals surface area (Å²) in [7, 11) is 0. The molecule has 0 radical (unpaired) electrons. The van der Waals surface area contributed by atoms with Gasteiger partial charge >= 0.3 is 0 Å². The van der Waals surface area contributed by atoms with E-state index in [1.807, 2.05) is 31.4 Å². The maximum atomic E-state index is 12.5. The van der Waals surface area contributed by atoms with Crippen molar-refractivity contribution in [1.29, 1.82) is 0 Å². The van der Waals surface area contributed by atoms with Crippen LogP contribution in [0.1, 0.15) is 30.3 Å². The lowest BCUT2D eigenvalue weighted by Crippen LogP contribution is -2.31. The van der Waals surface area contributed by atoms with E-state index < -0.39 is 4.92 Å². The van der Waals surface area contributed by atoms with Crippen molar-refractivity contribution in [2.75, 3.05) is 6.54 Å². The molecule has 3 rings (SSSR count). The number of hydrogen-bond acceptors (Lipinski definition) is 4. The van der Waals surface area contributed by atoms with E-state index in [1.54, 1.807) is 23.1 Å². The van der Waals surface area contributed by atoms with Crippen LogP contribution in [0.15, 0.2) is 36.0 Å². The number of carbonyl (C=O) groups excluding carboxylic acids is 1. The molecule has 1 aliphatic rings. The Bertz CT molecular complexity index is 960. The first-order chi connectivity index (χ1) is 12.8. The summed E-state index contributed by atoms with van der Waals surface area (Å²) in [5.41, 5.74) is 4.12. The molecule has 1 aliphatic heterocycles. The SMILES string of the molecule is CCCN1C(=O)/C(=C/c2cc(C)n(-c3ccc([N+](=O)[O-])cc3)c2C)NC1=S. The summed E-state index contributed by atoms with van der Waals surface area (Å²) in [5, 5.41) is 14.3. The van der Waals surface area contributed by atoms with Crippen molar-refractivity contribution in [2.24, 2.45) is 0 Å². The van der Waals surface area contributed by atoms with Crippen LogP contribution < -0.4 is 5.32 Å². The quantitative estimate of drug-likeness (QED) is 0.369. The third-order valence-electron chi connectivity index (χ3n) is 4.50. The molecular weight excluding hydrogens is 364 g/mol. The number of hydrogen-bond donors (Lipinski definition) is 1. The Balaban J connectivity index is 1.96. The van der Waals surface area contributed by atoms with E-state index >= 15 is 0 Å². The second-order valence-corrected chi connectivity index (χ2v) is 6.77. The number of nitrogens with one attached hydrogen (secondary N) is 1. The zero-order valence-corrected chi connectivity index (χ0v) is 16.2. The fourth-order valence-corrected chi connectivity index (χ4v) is 3.49. The van der Waals surface area contributed by atoms with E-state index in [1.165, 1.54) is 12.1 Å².